The fourth-order valence-electron chi connectivity index (χ4n) is 1.75. The lowest BCUT2D eigenvalue weighted by Gasteiger charge is -2.11. The van der Waals surface area contributed by atoms with E-state index in [1.54, 1.807) is 0 Å². The van der Waals surface area contributed by atoms with Gasteiger partial charge < -0.3 is 14.8 Å². The third kappa shape index (κ3) is 3.39. The minimum absolute atomic E-state index is 0.599. The molecule has 6 heteroatoms. The van der Waals surface area contributed by atoms with Crippen molar-refractivity contribution in [2.24, 2.45) is 0 Å². The summed E-state index contributed by atoms with van der Waals surface area (Å²) in [5, 5.41) is 13.1. The Morgan fingerprint density at radius 3 is 2.50 bits per heavy atom. The van der Waals surface area contributed by atoms with Gasteiger partial charge in [0, 0.05) is 12.1 Å². The van der Waals surface area contributed by atoms with E-state index < -0.39 is 0 Å². The van der Waals surface area contributed by atoms with Crippen LogP contribution in [-0.4, -0.2) is 30.0 Å². The Kier molecular flexibility index (Phi) is 5.17. The summed E-state index contributed by atoms with van der Waals surface area (Å²) in [4.78, 5) is 0. The van der Waals surface area contributed by atoms with Crippen molar-refractivity contribution >= 4 is 16.5 Å². The molecule has 2 rings (SSSR count). The first kappa shape index (κ1) is 14.6. The molecule has 5 nitrogen and oxygen atoms in total. The van der Waals surface area contributed by atoms with Crippen LogP contribution in [-0.2, 0) is 0 Å². The summed E-state index contributed by atoms with van der Waals surface area (Å²) < 4.78 is 11.2. The van der Waals surface area contributed by atoms with E-state index in [4.69, 9.17) is 9.47 Å². The molecule has 0 aliphatic rings. The average molecular weight is 293 g/mol. The number of rotatable bonds is 7. The molecular formula is C14H19N3O2S. The van der Waals surface area contributed by atoms with Crippen LogP contribution < -0.4 is 14.8 Å². The Morgan fingerprint density at radius 1 is 1.05 bits per heavy atom. The number of nitrogens with one attached hydrogen (secondary N) is 1. The zero-order valence-electron chi connectivity index (χ0n) is 12.0. The number of nitrogens with zero attached hydrogens (tertiary/aromatic N) is 2. The van der Waals surface area contributed by atoms with E-state index in [-0.39, 0.29) is 0 Å². The van der Waals surface area contributed by atoms with E-state index in [0.717, 1.165) is 33.7 Å². The van der Waals surface area contributed by atoms with Crippen molar-refractivity contribution in [1.82, 2.24) is 10.2 Å². The van der Waals surface area contributed by atoms with Crippen LogP contribution in [0.15, 0.2) is 18.2 Å². The number of hydrogen-bond acceptors (Lipinski definition) is 6. The van der Waals surface area contributed by atoms with Gasteiger partial charge in [-0.3, -0.25) is 0 Å². The quantitative estimate of drug-likeness (QED) is 0.847. The van der Waals surface area contributed by atoms with Gasteiger partial charge in [-0.05, 0) is 39.0 Å². The number of ether oxygens (including phenoxy) is 2. The SMILES string of the molecule is CCNc1nnc(-c2ccc(OCC)c(OCC)c2)s1. The summed E-state index contributed by atoms with van der Waals surface area (Å²) >= 11 is 1.53. The minimum Gasteiger partial charge on any atom is -0.490 e. The fourth-order valence-corrected chi connectivity index (χ4v) is 2.55. The summed E-state index contributed by atoms with van der Waals surface area (Å²) in [7, 11) is 0. The van der Waals surface area contributed by atoms with E-state index in [2.05, 4.69) is 15.5 Å². The van der Waals surface area contributed by atoms with Crippen molar-refractivity contribution in [1.29, 1.82) is 0 Å². The van der Waals surface area contributed by atoms with Gasteiger partial charge in [-0.15, -0.1) is 10.2 Å². The van der Waals surface area contributed by atoms with Crippen LogP contribution in [0.2, 0.25) is 0 Å². The van der Waals surface area contributed by atoms with Gasteiger partial charge in [0.25, 0.3) is 0 Å². The number of hydrogen-bond donors (Lipinski definition) is 1. The van der Waals surface area contributed by atoms with E-state index in [0.29, 0.717) is 13.2 Å². The molecule has 0 atom stereocenters. The minimum atomic E-state index is 0.599. The molecule has 0 fully saturated rings. The average Bonchev–Trinajstić information content (AvgIpc) is 2.90. The molecule has 1 aromatic carbocycles. The first-order chi connectivity index (χ1) is 9.78. The zero-order valence-corrected chi connectivity index (χ0v) is 12.8. The summed E-state index contributed by atoms with van der Waals surface area (Å²) in [6, 6.07) is 5.84. The van der Waals surface area contributed by atoms with Crippen LogP contribution in [0.25, 0.3) is 10.6 Å². The third-order valence-corrected chi connectivity index (χ3v) is 3.47. The highest BCUT2D eigenvalue weighted by Gasteiger charge is 2.11. The summed E-state index contributed by atoms with van der Waals surface area (Å²) in [5.74, 6) is 1.50. The lowest BCUT2D eigenvalue weighted by Crippen LogP contribution is -1.98. The van der Waals surface area contributed by atoms with E-state index in [1.807, 2.05) is 39.0 Å². The van der Waals surface area contributed by atoms with Gasteiger partial charge in [-0.1, -0.05) is 11.3 Å². The van der Waals surface area contributed by atoms with Crippen molar-refractivity contribution < 1.29 is 9.47 Å². The lowest BCUT2D eigenvalue weighted by molar-refractivity contribution is 0.288. The van der Waals surface area contributed by atoms with Crippen LogP contribution in [0.4, 0.5) is 5.13 Å². The van der Waals surface area contributed by atoms with Crippen LogP contribution in [0.5, 0.6) is 11.5 Å². The van der Waals surface area contributed by atoms with Crippen LogP contribution >= 0.6 is 11.3 Å². The first-order valence-corrected chi connectivity index (χ1v) is 7.57. The second-order valence-corrected chi connectivity index (χ2v) is 4.95. The molecule has 1 heterocycles. The second kappa shape index (κ2) is 7.09. The summed E-state index contributed by atoms with van der Waals surface area (Å²) in [6.45, 7) is 7.99. The summed E-state index contributed by atoms with van der Waals surface area (Å²) in [6.07, 6.45) is 0. The Bertz CT molecular complexity index is 557. The highest BCUT2D eigenvalue weighted by atomic mass is 32.1. The van der Waals surface area contributed by atoms with E-state index in [1.165, 1.54) is 11.3 Å². The second-order valence-electron chi connectivity index (χ2n) is 3.97. The number of aromatic nitrogens is 2. The number of benzene rings is 1. The highest BCUT2D eigenvalue weighted by molar-refractivity contribution is 7.18. The molecule has 0 radical (unpaired) electrons. The molecule has 0 aliphatic carbocycles. The molecule has 0 spiro atoms. The largest absolute Gasteiger partial charge is 0.490 e. The third-order valence-electron chi connectivity index (χ3n) is 2.54. The predicted molar refractivity (Wildman–Crippen MR) is 81.8 cm³/mol. The molecule has 0 unspecified atom stereocenters. The Labute approximate surface area is 123 Å². The van der Waals surface area contributed by atoms with Gasteiger partial charge >= 0.3 is 0 Å². The van der Waals surface area contributed by atoms with Crippen LogP contribution in [0.1, 0.15) is 20.8 Å². The molecular weight excluding hydrogens is 274 g/mol. The molecule has 0 saturated heterocycles. The van der Waals surface area contributed by atoms with E-state index in [9.17, 15) is 0 Å². The van der Waals surface area contributed by atoms with Gasteiger partial charge in [-0.25, -0.2) is 0 Å². The summed E-state index contributed by atoms with van der Waals surface area (Å²) in [5.41, 5.74) is 0.985. The molecule has 0 saturated carbocycles. The zero-order chi connectivity index (χ0) is 14.4. The normalized spacial score (nSPS) is 10.3. The van der Waals surface area contributed by atoms with Crippen molar-refractivity contribution in [3.8, 4) is 22.1 Å². The molecule has 0 bridgehead atoms. The maximum absolute atomic E-state index is 5.62. The molecule has 0 aliphatic heterocycles. The van der Waals surface area contributed by atoms with Crippen LogP contribution in [0.3, 0.4) is 0 Å². The maximum Gasteiger partial charge on any atom is 0.205 e. The molecule has 1 aromatic heterocycles. The Morgan fingerprint density at radius 2 is 1.80 bits per heavy atom. The van der Waals surface area contributed by atoms with Gasteiger partial charge in [0.05, 0.1) is 13.2 Å². The van der Waals surface area contributed by atoms with Gasteiger partial charge in [-0.2, -0.15) is 0 Å². The monoisotopic (exact) mass is 293 g/mol. The predicted octanol–water partition coefficient (Wildman–Crippen LogP) is 3.43. The molecule has 0 amide bonds. The van der Waals surface area contributed by atoms with Crippen LogP contribution in [0, 0.1) is 0 Å². The van der Waals surface area contributed by atoms with Gasteiger partial charge in [0.2, 0.25) is 5.13 Å². The number of anilines is 1. The lowest BCUT2D eigenvalue weighted by atomic mass is 10.2. The van der Waals surface area contributed by atoms with Crippen molar-refractivity contribution in [3.05, 3.63) is 18.2 Å². The molecule has 20 heavy (non-hydrogen) atoms. The highest BCUT2D eigenvalue weighted by Crippen LogP contribution is 2.34. The molecule has 1 N–H and O–H groups in total. The molecule has 108 valence electrons. The van der Waals surface area contributed by atoms with E-state index >= 15 is 0 Å². The van der Waals surface area contributed by atoms with Crippen molar-refractivity contribution in [2.45, 2.75) is 20.8 Å². The van der Waals surface area contributed by atoms with Crippen molar-refractivity contribution in [3.63, 3.8) is 0 Å². The van der Waals surface area contributed by atoms with Crippen molar-refractivity contribution in [2.75, 3.05) is 25.1 Å². The topological polar surface area (TPSA) is 56.3 Å². The smallest absolute Gasteiger partial charge is 0.205 e. The van der Waals surface area contributed by atoms with Gasteiger partial charge in [0.1, 0.15) is 5.01 Å². The first-order valence-electron chi connectivity index (χ1n) is 6.75. The maximum atomic E-state index is 5.62. The Hall–Kier alpha value is -1.82. The fraction of sp³-hybridized carbons (Fsp3) is 0.429. The van der Waals surface area contributed by atoms with Gasteiger partial charge in [0.15, 0.2) is 11.5 Å². The molecule has 2 aromatic rings. The Balaban J connectivity index is 2.28. The standard InChI is InChI=1S/C14H19N3O2S/c1-4-15-14-17-16-13(20-14)10-7-8-11(18-5-2)12(9-10)19-6-3/h7-9H,4-6H2,1-3H3,(H,15,17).